The van der Waals surface area contributed by atoms with Gasteiger partial charge in [-0.15, -0.1) is 12.8 Å². The molecule has 2 aromatic heterocycles. The zero-order valence-electron chi connectivity index (χ0n) is 11.4. The fraction of sp³-hybridized carbons (Fsp3) is 0.0625. The molecule has 0 saturated carbocycles. The Morgan fingerprint density at radius 1 is 1.45 bits per heavy atom. The van der Waals surface area contributed by atoms with Gasteiger partial charge in [0, 0.05) is 34.7 Å². The van der Waals surface area contributed by atoms with E-state index in [0.717, 1.165) is 22.2 Å². The number of hydrogen-bond acceptors (Lipinski definition) is 3. The van der Waals surface area contributed by atoms with Gasteiger partial charge in [-0.1, -0.05) is 18.7 Å². The van der Waals surface area contributed by atoms with Crippen LogP contribution in [0.5, 0.6) is 0 Å². The first-order valence-electron chi connectivity index (χ1n) is 5.97. The predicted molar refractivity (Wildman–Crippen MR) is 86.5 cm³/mol. The molecule has 0 saturated heterocycles. The number of hydrogen-bond donors (Lipinski definition) is 3. The minimum atomic E-state index is 0.500. The lowest BCUT2D eigenvalue weighted by Crippen LogP contribution is -1.93. The molecule has 20 heavy (non-hydrogen) atoms. The number of anilines is 1. The van der Waals surface area contributed by atoms with Crippen LogP contribution >= 0.6 is 0 Å². The van der Waals surface area contributed by atoms with Crippen LogP contribution in [0.1, 0.15) is 12.5 Å². The van der Waals surface area contributed by atoms with Gasteiger partial charge in [-0.2, -0.15) is 0 Å². The maximum Gasteiger partial charge on any atom is 0.139 e. The Kier molecular flexibility index (Phi) is 5.19. The van der Waals surface area contributed by atoms with Crippen LogP contribution in [0.15, 0.2) is 49.0 Å². The summed E-state index contributed by atoms with van der Waals surface area (Å²) in [5, 5.41) is 0.906. The minimum absolute atomic E-state index is 0.500. The monoisotopic (exact) mass is 266 g/mol. The Balaban J connectivity index is 0.000000956. The Labute approximate surface area is 118 Å². The molecule has 0 fully saturated rings. The topological polar surface area (TPSA) is 80.7 Å². The largest absolute Gasteiger partial charge is 0.399 e. The van der Waals surface area contributed by atoms with E-state index < -0.39 is 0 Å². The van der Waals surface area contributed by atoms with E-state index in [1.165, 1.54) is 0 Å². The number of nitrogen functional groups attached to an aromatic ring is 1. The molecular weight excluding hydrogens is 248 g/mol. The van der Waals surface area contributed by atoms with Crippen molar-refractivity contribution >= 4 is 22.3 Å². The van der Waals surface area contributed by atoms with Gasteiger partial charge in [-0.25, -0.2) is 4.98 Å². The minimum Gasteiger partial charge on any atom is -0.399 e. The van der Waals surface area contributed by atoms with Crippen molar-refractivity contribution < 1.29 is 0 Å². The van der Waals surface area contributed by atoms with Gasteiger partial charge in [-0.3, -0.25) is 0 Å². The van der Waals surface area contributed by atoms with Crippen LogP contribution in [-0.2, 0) is 0 Å². The molecule has 0 aliphatic carbocycles. The summed E-state index contributed by atoms with van der Waals surface area (Å²) in [7, 11) is 0. The first kappa shape index (κ1) is 15.1. The lowest BCUT2D eigenvalue weighted by molar-refractivity contribution is 1.33. The maximum absolute atomic E-state index is 6.00. The van der Waals surface area contributed by atoms with E-state index in [2.05, 4.69) is 29.4 Å². The third-order valence-electron chi connectivity index (χ3n) is 2.60. The molecule has 0 radical (unpaired) electrons. The molecule has 0 aliphatic heterocycles. The van der Waals surface area contributed by atoms with Crippen LogP contribution in [0.2, 0.25) is 0 Å². The summed E-state index contributed by atoms with van der Waals surface area (Å²) >= 11 is 0. The van der Waals surface area contributed by atoms with E-state index in [1.54, 1.807) is 12.3 Å². The normalized spacial score (nSPS) is 11.2. The number of nitrogens with zero attached hydrogens (tertiary/aromatic N) is 1. The van der Waals surface area contributed by atoms with Crippen LogP contribution in [0, 0.1) is 12.8 Å². The molecule has 0 bridgehead atoms. The number of allylic oxidation sites excluding steroid dienone is 4. The average molecular weight is 266 g/mol. The Morgan fingerprint density at radius 3 is 2.75 bits per heavy atom. The number of nitrogens with two attached hydrogens (primary N) is 2. The number of rotatable bonds is 3. The number of pyridine rings is 1. The fourth-order valence-electron chi connectivity index (χ4n) is 1.90. The Bertz CT molecular complexity index is 687. The molecule has 5 N–H and O–H groups in total. The highest BCUT2D eigenvalue weighted by Crippen LogP contribution is 2.29. The second-order valence-corrected chi connectivity index (χ2v) is 4.00. The zero-order valence-corrected chi connectivity index (χ0v) is 11.4. The van der Waals surface area contributed by atoms with Crippen molar-refractivity contribution in [3.8, 4) is 12.8 Å². The number of aromatic nitrogens is 2. The Hall–Kier alpha value is -2.93. The van der Waals surface area contributed by atoms with Crippen LogP contribution in [-0.4, -0.2) is 9.97 Å². The molecule has 0 aliphatic rings. The van der Waals surface area contributed by atoms with E-state index in [0.29, 0.717) is 11.4 Å². The highest BCUT2D eigenvalue weighted by atomic mass is 14.8. The van der Waals surface area contributed by atoms with Crippen molar-refractivity contribution in [2.24, 2.45) is 5.73 Å². The number of aromatic amines is 1. The molecule has 0 spiro atoms. The summed E-state index contributed by atoms with van der Waals surface area (Å²) < 4.78 is 0. The first-order chi connectivity index (χ1) is 9.63. The average Bonchev–Trinajstić information content (AvgIpc) is 2.85. The smallest absolute Gasteiger partial charge is 0.139 e. The second kappa shape index (κ2) is 6.86. The molecule has 0 amide bonds. The van der Waals surface area contributed by atoms with Gasteiger partial charge in [0.25, 0.3) is 0 Å². The molecular formula is C16H18N4. The number of H-pyrrole nitrogens is 1. The van der Waals surface area contributed by atoms with Crippen molar-refractivity contribution in [3.05, 3.63) is 54.5 Å². The number of fused-ring (bicyclic) bond motifs is 1. The molecule has 2 aromatic rings. The highest BCUT2D eigenvalue weighted by molar-refractivity contribution is 6.00. The van der Waals surface area contributed by atoms with Gasteiger partial charge < -0.3 is 16.5 Å². The summed E-state index contributed by atoms with van der Waals surface area (Å²) in [6, 6.07) is 1.78. The number of nitrogens with one attached hydrogen (secondary N) is 1. The molecule has 2 heterocycles. The first-order valence-corrected chi connectivity index (χ1v) is 5.97. The van der Waals surface area contributed by atoms with E-state index in [-0.39, 0.29) is 0 Å². The van der Waals surface area contributed by atoms with Gasteiger partial charge in [0.2, 0.25) is 0 Å². The van der Waals surface area contributed by atoms with Crippen LogP contribution in [0.4, 0.5) is 5.69 Å². The second-order valence-electron chi connectivity index (χ2n) is 4.00. The van der Waals surface area contributed by atoms with Crippen LogP contribution < -0.4 is 11.5 Å². The summed E-state index contributed by atoms with van der Waals surface area (Å²) in [6.07, 6.45) is 17.3. The number of terminal acetylenes is 1. The molecule has 0 unspecified atom stereocenters. The highest BCUT2D eigenvalue weighted by Gasteiger charge is 2.10. The molecule has 102 valence electrons. The lowest BCUT2D eigenvalue weighted by Gasteiger charge is -2.03. The summed E-state index contributed by atoms with van der Waals surface area (Å²) in [5.41, 5.74) is 15.5. The van der Waals surface area contributed by atoms with Crippen molar-refractivity contribution in [1.82, 2.24) is 9.97 Å². The molecule has 4 nitrogen and oxygen atoms in total. The molecule has 0 atom stereocenters. The Morgan fingerprint density at radius 2 is 2.15 bits per heavy atom. The maximum atomic E-state index is 6.00. The van der Waals surface area contributed by atoms with E-state index in [4.69, 9.17) is 11.5 Å². The fourth-order valence-corrected chi connectivity index (χ4v) is 1.90. The van der Waals surface area contributed by atoms with Crippen LogP contribution in [0.25, 0.3) is 16.6 Å². The quantitative estimate of drug-likeness (QED) is 0.590. The van der Waals surface area contributed by atoms with E-state index in [9.17, 15) is 0 Å². The van der Waals surface area contributed by atoms with Gasteiger partial charge in [0.05, 0.1) is 0 Å². The van der Waals surface area contributed by atoms with Crippen molar-refractivity contribution in [1.29, 1.82) is 0 Å². The van der Waals surface area contributed by atoms with Gasteiger partial charge in [0.15, 0.2) is 0 Å². The van der Waals surface area contributed by atoms with Gasteiger partial charge in [0.1, 0.15) is 5.65 Å². The SMILES string of the molecule is C#C.C=C(N)/C=C(\C=C/C)c1c[nH]c2nccc(N)c12. The lowest BCUT2D eigenvalue weighted by atomic mass is 10.0. The van der Waals surface area contributed by atoms with E-state index in [1.807, 2.05) is 31.3 Å². The third-order valence-corrected chi connectivity index (χ3v) is 2.60. The van der Waals surface area contributed by atoms with Crippen molar-refractivity contribution in [2.45, 2.75) is 6.92 Å². The molecule has 0 aromatic carbocycles. The standard InChI is InChI=1S/C14H16N4.C2H2/c1-3-4-10(7-9(2)15)11-8-18-14-13(11)12(16)5-6-17-14;1-2/h3-8H,2,15H2,1H3,(H3,16,17,18);1-2H/b4-3-,10-7+;. The zero-order chi connectivity index (χ0) is 15.1. The van der Waals surface area contributed by atoms with Crippen molar-refractivity contribution in [3.63, 3.8) is 0 Å². The van der Waals surface area contributed by atoms with Crippen LogP contribution in [0.3, 0.4) is 0 Å². The van der Waals surface area contributed by atoms with Gasteiger partial charge >= 0.3 is 0 Å². The summed E-state index contributed by atoms with van der Waals surface area (Å²) in [6.45, 7) is 5.65. The third kappa shape index (κ3) is 3.09. The summed E-state index contributed by atoms with van der Waals surface area (Å²) in [4.78, 5) is 7.35. The van der Waals surface area contributed by atoms with Crippen molar-refractivity contribution in [2.75, 3.05) is 5.73 Å². The molecule has 2 rings (SSSR count). The molecule has 4 heteroatoms. The predicted octanol–water partition coefficient (Wildman–Crippen LogP) is 2.83. The van der Waals surface area contributed by atoms with Gasteiger partial charge in [-0.05, 0) is 24.6 Å². The summed E-state index contributed by atoms with van der Waals surface area (Å²) in [5.74, 6) is 0. The van der Waals surface area contributed by atoms with E-state index >= 15 is 0 Å².